The van der Waals surface area contributed by atoms with Crippen LogP contribution in [0.3, 0.4) is 0 Å². The molecule has 0 N–H and O–H groups in total. The molecule has 0 aliphatic carbocycles. The predicted molar refractivity (Wildman–Crippen MR) is 133 cm³/mol. The summed E-state index contributed by atoms with van der Waals surface area (Å²) in [6.07, 6.45) is 0.140. The van der Waals surface area contributed by atoms with E-state index in [2.05, 4.69) is 0 Å². The largest absolute Gasteiger partial charge is 0.294 e. The molecule has 0 spiro atoms. The van der Waals surface area contributed by atoms with E-state index in [4.69, 9.17) is 4.99 Å². The van der Waals surface area contributed by atoms with Crippen molar-refractivity contribution in [2.24, 2.45) is 4.99 Å². The quantitative estimate of drug-likeness (QED) is 0.434. The molecule has 3 aromatic carbocycles. The normalized spacial score (nSPS) is 17.2. The third-order valence-corrected chi connectivity index (χ3v) is 6.82. The minimum atomic E-state index is -0.505. The van der Waals surface area contributed by atoms with Crippen molar-refractivity contribution in [1.82, 2.24) is 0 Å². The summed E-state index contributed by atoms with van der Waals surface area (Å²) in [6, 6.07) is 21.4. The van der Waals surface area contributed by atoms with E-state index in [1.54, 1.807) is 4.90 Å². The lowest BCUT2D eigenvalue weighted by Crippen LogP contribution is -2.32. The molecular weight excluding hydrogens is 416 g/mol. The van der Waals surface area contributed by atoms with Crippen molar-refractivity contribution in [3.8, 4) is 0 Å². The highest BCUT2D eigenvalue weighted by Gasteiger charge is 2.40. The van der Waals surface area contributed by atoms with Crippen molar-refractivity contribution in [2.45, 2.75) is 39.4 Å². The lowest BCUT2D eigenvalue weighted by Gasteiger charge is -2.17. The number of hydrogen-bond acceptors (Lipinski definition) is 4. The summed E-state index contributed by atoms with van der Waals surface area (Å²) in [4.78, 5) is 32.8. The van der Waals surface area contributed by atoms with Crippen LogP contribution in [0.4, 0.5) is 11.4 Å². The Kier molecular flexibility index (Phi) is 6.28. The Hall–Kier alpha value is -3.18. The Bertz CT molecular complexity index is 1200. The molecule has 1 aliphatic heterocycles. The molecule has 3 aromatic rings. The van der Waals surface area contributed by atoms with Crippen molar-refractivity contribution >= 4 is 40.0 Å². The monoisotopic (exact) mass is 442 g/mol. The number of nitrogens with zero attached hydrogens (tertiary/aromatic N) is 2. The Morgan fingerprint density at radius 2 is 1.50 bits per heavy atom. The van der Waals surface area contributed by atoms with Crippen LogP contribution in [0.5, 0.6) is 0 Å². The Morgan fingerprint density at radius 3 is 2.12 bits per heavy atom. The summed E-state index contributed by atoms with van der Waals surface area (Å²) in [5.41, 5.74) is 6.68. The number of benzene rings is 3. The van der Waals surface area contributed by atoms with Crippen LogP contribution in [0.1, 0.15) is 39.0 Å². The average molecular weight is 443 g/mol. The number of rotatable bonds is 5. The molecule has 1 saturated heterocycles. The first-order valence-electron chi connectivity index (χ1n) is 10.6. The van der Waals surface area contributed by atoms with Crippen LogP contribution in [0, 0.1) is 27.7 Å². The van der Waals surface area contributed by atoms with Crippen LogP contribution < -0.4 is 4.90 Å². The first-order valence-corrected chi connectivity index (χ1v) is 11.5. The zero-order valence-corrected chi connectivity index (χ0v) is 19.6. The van der Waals surface area contributed by atoms with Crippen molar-refractivity contribution in [3.63, 3.8) is 0 Å². The highest BCUT2D eigenvalue weighted by Crippen LogP contribution is 2.36. The molecule has 4 rings (SSSR count). The molecule has 4 nitrogen and oxygen atoms in total. The zero-order chi connectivity index (χ0) is 22.8. The standard InChI is InChI=1S/C27H26N2O2S/c1-17-5-11-22(12-6-17)28-27-29(23-13-7-18(2)8-14-23)26(31)25(32-27)16-24(30)21-10-9-19(3)20(4)15-21/h5-15,25H,16H2,1-4H3. The lowest BCUT2D eigenvalue weighted by atomic mass is 10.0. The Balaban J connectivity index is 1.65. The molecule has 1 fully saturated rings. The van der Waals surface area contributed by atoms with E-state index < -0.39 is 5.25 Å². The van der Waals surface area contributed by atoms with Gasteiger partial charge in [-0.15, -0.1) is 0 Å². The van der Waals surface area contributed by atoms with E-state index in [0.717, 1.165) is 33.6 Å². The van der Waals surface area contributed by atoms with Crippen molar-refractivity contribution < 1.29 is 9.59 Å². The number of amides is 1. The highest BCUT2D eigenvalue weighted by molar-refractivity contribution is 8.16. The van der Waals surface area contributed by atoms with Gasteiger partial charge in [0.25, 0.3) is 0 Å². The van der Waals surface area contributed by atoms with E-state index in [-0.39, 0.29) is 18.1 Å². The number of Topliss-reactive ketones (excluding diaryl/α,β-unsaturated/α-hetero) is 1. The maximum Gasteiger partial charge on any atom is 0.247 e. The summed E-state index contributed by atoms with van der Waals surface area (Å²) < 4.78 is 0. The van der Waals surface area contributed by atoms with Gasteiger partial charge in [-0.25, -0.2) is 4.99 Å². The molecule has 0 aromatic heterocycles. The summed E-state index contributed by atoms with van der Waals surface area (Å²) >= 11 is 1.36. The Labute approximate surface area is 193 Å². The van der Waals surface area contributed by atoms with Crippen molar-refractivity contribution in [1.29, 1.82) is 0 Å². The fourth-order valence-electron chi connectivity index (χ4n) is 3.54. The maximum absolute atomic E-state index is 13.4. The van der Waals surface area contributed by atoms with Crippen LogP contribution in [-0.4, -0.2) is 22.1 Å². The SMILES string of the molecule is Cc1ccc(N=C2SC(CC(=O)c3ccc(C)c(C)c3)C(=O)N2c2ccc(C)cc2)cc1. The highest BCUT2D eigenvalue weighted by atomic mass is 32.2. The first-order chi connectivity index (χ1) is 15.3. The minimum absolute atomic E-state index is 0.0283. The number of carbonyl (C=O) groups excluding carboxylic acids is 2. The van der Waals surface area contributed by atoms with Crippen molar-refractivity contribution in [2.75, 3.05) is 4.90 Å². The van der Waals surface area contributed by atoms with Gasteiger partial charge in [-0.3, -0.25) is 14.5 Å². The molecule has 1 heterocycles. The number of aliphatic imine (C=N–C) groups is 1. The molecule has 162 valence electrons. The number of hydrogen-bond donors (Lipinski definition) is 0. The van der Waals surface area contributed by atoms with Crippen molar-refractivity contribution in [3.05, 3.63) is 94.5 Å². The van der Waals surface area contributed by atoms with E-state index in [1.807, 2.05) is 94.4 Å². The minimum Gasteiger partial charge on any atom is -0.294 e. The second-order valence-electron chi connectivity index (χ2n) is 8.27. The molecule has 5 heteroatoms. The van der Waals surface area contributed by atoms with Gasteiger partial charge in [0.1, 0.15) is 0 Å². The second kappa shape index (κ2) is 9.13. The Morgan fingerprint density at radius 1 is 0.875 bits per heavy atom. The van der Waals surface area contributed by atoms with Gasteiger partial charge in [-0.05, 0) is 69.2 Å². The number of carbonyl (C=O) groups is 2. The molecule has 0 radical (unpaired) electrons. The van der Waals surface area contributed by atoms with Gasteiger partial charge in [0, 0.05) is 12.0 Å². The van der Waals surface area contributed by atoms with Gasteiger partial charge in [-0.1, -0.05) is 59.3 Å². The van der Waals surface area contributed by atoms with Crippen LogP contribution in [0.2, 0.25) is 0 Å². The van der Waals surface area contributed by atoms with Crippen LogP contribution in [-0.2, 0) is 4.79 Å². The number of amidine groups is 1. The fourth-order valence-corrected chi connectivity index (χ4v) is 4.69. The molecule has 0 saturated carbocycles. The third-order valence-electron chi connectivity index (χ3n) is 5.69. The molecule has 1 aliphatic rings. The number of aryl methyl sites for hydroxylation is 4. The van der Waals surface area contributed by atoms with E-state index in [1.165, 1.54) is 11.8 Å². The van der Waals surface area contributed by atoms with E-state index >= 15 is 0 Å². The summed E-state index contributed by atoms with van der Waals surface area (Å²) in [5.74, 6) is -0.138. The maximum atomic E-state index is 13.4. The summed E-state index contributed by atoms with van der Waals surface area (Å²) in [5, 5.41) is 0.0928. The zero-order valence-electron chi connectivity index (χ0n) is 18.8. The summed E-state index contributed by atoms with van der Waals surface area (Å²) in [7, 11) is 0. The lowest BCUT2D eigenvalue weighted by molar-refractivity contribution is -0.116. The fraction of sp³-hybridized carbons (Fsp3) is 0.222. The third kappa shape index (κ3) is 4.68. The van der Waals surface area contributed by atoms with Gasteiger partial charge in [0.2, 0.25) is 5.91 Å². The van der Waals surface area contributed by atoms with Gasteiger partial charge >= 0.3 is 0 Å². The van der Waals surface area contributed by atoms with Gasteiger partial charge in [-0.2, -0.15) is 0 Å². The molecule has 1 unspecified atom stereocenters. The van der Waals surface area contributed by atoms with Gasteiger partial charge in [0.15, 0.2) is 11.0 Å². The molecule has 1 amide bonds. The number of ketones is 1. The number of thioether (sulfide) groups is 1. The number of anilines is 1. The molecular formula is C27H26N2O2S. The molecule has 32 heavy (non-hydrogen) atoms. The molecule has 0 bridgehead atoms. The van der Waals surface area contributed by atoms with Crippen LogP contribution in [0.15, 0.2) is 71.7 Å². The van der Waals surface area contributed by atoms with Crippen LogP contribution >= 0.6 is 11.8 Å². The summed E-state index contributed by atoms with van der Waals surface area (Å²) in [6.45, 7) is 8.05. The van der Waals surface area contributed by atoms with E-state index in [9.17, 15) is 9.59 Å². The van der Waals surface area contributed by atoms with E-state index in [0.29, 0.717) is 10.7 Å². The smallest absolute Gasteiger partial charge is 0.247 e. The predicted octanol–water partition coefficient (Wildman–Crippen LogP) is 6.33. The first kappa shape index (κ1) is 22.0. The van der Waals surface area contributed by atoms with Gasteiger partial charge in [0.05, 0.1) is 16.6 Å². The topological polar surface area (TPSA) is 49.7 Å². The molecule has 1 atom stereocenters. The second-order valence-corrected chi connectivity index (χ2v) is 9.44. The average Bonchev–Trinajstić information content (AvgIpc) is 3.07. The van der Waals surface area contributed by atoms with Gasteiger partial charge < -0.3 is 0 Å². The van der Waals surface area contributed by atoms with Crippen LogP contribution in [0.25, 0.3) is 0 Å².